The van der Waals surface area contributed by atoms with Crippen molar-refractivity contribution in [3.63, 3.8) is 0 Å². The monoisotopic (exact) mass is 440 g/mol. The van der Waals surface area contributed by atoms with Crippen LogP contribution in [0.15, 0.2) is 35.7 Å². The smallest absolute Gasteiger partial charge is 0.194 e. The number of hydrogen-bond donors (Lipinski definition) is 1. The van der Waals surface area contributed by atoms with Crippen molar-refractivity contribution in [2.75, 3.05) is 63.9 Å². The minimum Gasteiger partial charge on any atom is -0.370 e. The zero-order valence-corrected chi connectivity index (χ0v) is 19.6. The minimum absolute atomic E-state index is 0.00966. The maximum Gasteiger partial charge on any atom is 0.194 e. The average Bonchev–Trinajstić information content (AvgIpc) is 3.28. The number of morpholine rings is 1. The van der Waals surface area contributed by atoms with E-state index >= 15 is 0 Å². The van der Waals surface area contributed by atoms with Crippen molar-refractivity contribution in [1.29, 1.82) is 0 Å². The van der Waals surface area contributed by atoms with Gasteiger partial charge in [0.05, 0.1) is 25.9 Å². The molecule has 1 unspecified atom stereocenters. The lowest BCUT2D eigenvalue weighted by Crippen LogP contribution is -2.48. The van der Waals surface area contributed by atoms with E-state index in [1.807, 2.05) is 30.3 Å². The van der Waals surface area contributed by atoms with Crippen molar-refractivity contribution >= 4 is 11.8 Å². The minimum atomic E-state index is 0.00966. The Kier molecular flexibility index (Phi) is 7.59. The third kappa shape index (κ3) is 5.58. The molecule has 0 amide bonds. The van der Waals surface area contributed by atoms with E-state index in [-0.39, 0.29) is 6.10 Å². The molecule has 2 fully saturated rings. The number of ether oxygens (including phenoxy) is 1. The molecule has 0 spiro atoms. The van der Waals surface area contributed by atoms with Crippen LogP contribution in [0.4, 0.5) is 5.82 Å². The molecule has 2 aliphatic rings. The van der Waals surface area contributed by atoms with Gasteiger partial charge in [-0.15, -0.1) is 0 Å². The third-order valence-corrected chi connectivity index (χ3v) is 6.16. The van der Waals surface area contributed by atoms with Gasteiger partial charge in [-0.1, -0.05) is 13.0 Å². The number of guanidine groups is 1. The van der Waals surface area contributed by atoms with Gasteiger partial charge in [0.15, 0.2) is 5.96 Å². The molecule has 4 rings (SSSR count). The highest BCUT2D eigenvalue weighted by molar-refractivity contribution is 5.80. The van der Waals surface area contributed by atoms with E-state index in [2.05, 4.69) is 51.1 Å². The van der Waals surface area contributed by atoms with Gasteiger partial charge in [0.25, 0.3) is 0 Å². The summed E-state index contributed by atoms with van der Waals surface area (Å²) in [6, 6.07) is 4.28. The fourth-order valence-corrected chi connectivity index (χ4v) is 4.23. The van der Waals surface area contributed by atoms with Crippen LogP contribution in [0.3, 0.4) is 0 Å². The number of nitrogens with zero attached hydrogens (tertiary/aromatic N) is 7. The van der Waals surface area contributed by atoms with Gasteiger partial charge in [0.2, 0.25) is 0 Å². The number of aliphatic imine (C=N–C) groups is 1. The molecule has 174 valence electrons. The van der Waals surface area contributed by atoms with Gasteiger partial charge in [-0.25, -0.2) is 9.98 Å². The topological polar surface area (TPSA) is 74.1 Å². The van der Waals surface area contributed by atoms with Crippen LogP contribution in [-0.2, 0) is 18.3 Å². The maximum atomic E-state index is 5.99. The zero-order valence-electron chi connectivity index (χ0n) is 19.6. The number of likely N-dealkylation sites (N-methyl/N-ethyl adjacent to an activating group) is 1. The lowest BCUT2D eigenvalue weighted by Gasteiger charge is -2.35. The molecule has 2 aromatic heterocycles. The lowest BCUT2D eigenvalue weighted by atomic mass is 10.1. The number of piperazine rings is 1. The van der Waals surface area contributed by atoms with Crippen molar-refractivity contribution in [3.8, 4) is 0 Å². The van der Waals surface area contributed by atoms with Crippen LogP contribution in [0.2, 0.25) is 0 Å². The summed E-state index contributed by atoms with van der Waals surface area (Å²) in [6.07, 6.45) is 5.88. The molecule has 32 heavy (non-hydrogen) atoms. The Bertz CT molecular complexity index is 872. The van der Waals surface area contributed by atoms with Gasteiger partial charge in [-0.05, 0) is 25.1 Å². The molecule has 0 aliphatic carbocycles. The van der Waals surface area contributed by atoms with E-state index in [1.54, 1.807) is 0 Å². The number of aryl methyl sites for hydroxylation is 1. The van der Waals surface area contributed by atoms with E-state index in [0.717, 1.165) is 75.3 Å². The Morgan fingerprint density at radius 1 is 1.16 bits per heavy atom. The second-order valence-corrected chi connectivity index (χ2v) is 8.37. The Balaban J connectivity index is 1.37. The van der Waals surface area contributed by atoms with Crippen LogP contribution in [0.25, 0.3) is 0 Å². The predicted molar refractivity (Wildman–Crippen MR) is 127 cm³/mol. The summed E-state index contributed by atoms with van der Waals surface area (Å²) in [5.74, 6) is 1.98. The summed E-state index contributed by atoms with van der Waals surface area (Å²) in [5, 5.41) is 7.72. The average molecular weight is 441 g/mol. The summed E-state index contributed by atoms with van der Waals surface area (Å²) in [6.45, 7) is 13.4. The predicted octanol–water partition coefficient (Wildman–Crippen LogP) is 1.50. The first-order valence-corrected chi connectivity index (χ1v) is 11.7. The number of pyridine rings is 1. The first kappa shape index (κ1) is 22.5. The Morgan fingerprint density at radius 3 is 2.66 bits per heavy atom. The fourth-order valence-electron chi connectivity index (χ4n) is 4.23. The van der Waals surface area contributed by atoms with E-state index in [1.165, 1.54) is 0 Å². The molecule has 2 aromatic rings. The van der Waals surface area contributed by atoms with Gasteiger partial charge in [0, 0.05) is 64.3 Å². The summed E-state index contributed by atoms with van der Waals surface area (Å²) in [7, 11) is 1.93. The van der Waals surface area contributed by atoms with Gasteiger partial charge in [0.1, 0.15) is 11.9 Å². The van der Waals surface area contributed by atoms with E-state index in [0.29, 0.717) is 13.2 Å². The number of rotatable bonds is 6. The SMILES string of the molecule is CCNC(=NCc1ccc(N2CCN(CC)CC2)nc1)N1CCOC(c2cnn(C)c2)C1. The van der Waals surface area contributed by atoms with Crippen LogP contribution in [0.5, 0.6) is 0 Å². The molecule has 1 atom stereocenters. The number of anilines is 1. The van der Waals surface area contributed by atoms with Crippen LogP contribution < -0.4 is 10.2 Å². The molecule has 1 N–H and O–H groups in total. The maximum absolute atomic E-state index is 5.99. The van der Waals surface area contributed by atoms with Crippen LogP contribution in [0.1, 0.15) is 31.1 Å². The largest absolute Gasteiger partial charge is 0.370 e. The van der Waals surface area contributed by atoms with Gasteiger partial charge < -0.3 is 24.8 Å². The Morgan fingerprint density at radius 2 is 2.00 bits per heavy atom. The Labute approximate surface area is 191 Å². The highest BCUT2D eigenvalue weighted by Crippen LogP contribution is 2.22. The van der Waals surface area contributed by atoms with Gasteiger partial charge in [-0.2, -0.15) is 5.10 Å². The summed E-state index contributed by atoms with van der Waals surface area (Å²) < 4.78 is 7.80. The van der Waals surface area contributed by atoms with Crippen molar-refractivity contribution in [2.45, 2.75) is 26.5 Å². The quantitative estimate of drug-likeness (QED) is 0.539. The third-order valence-electron chi connectivity index (χ3n) is 6.16. The van der Waals surface area contributed by atoms with Crippen molar-refractivity contribution < 1.29 is 4.74 Å². The molecule has 0 radical (unpaired) electrons. The van der Waals surface area contributed by atoms with Gasteiger partial charge >= 0.3 is 0 Å². The number of hydrogen-bond acceptors (Lipinski definition) is 6. The molecule has 0 saturated carbocycles. The van der Waals surface area contributed by atoms with E-state index in [9.17, 15) is 0 Å². The van der Waals surface area contributed by atoms with Crippen LogP contribution >= 0.6 is 0 Å². The first-order chi connectivity index (χ1) is 15.7. The lowest BCUT2D eigenvalue weighted by molar-refractivity contribution is -0.00805. The van der Waals surface area contributed by atoms with Crippen molar-refractivity contribution in [1.82, 2.24) is 29.9 Å². The van der Waals surface area contributed by atoms with Crippen molar-refractivity contribution in [2.24, 2.45) is 12.0 Å². The zero-order chi connectivity index (χ0) is 22.3. The van der Waals surface area contributed by atoms with E-state index in [4.69, 9.17) is 14.7 Å². The second-order valence-electron chi connectivity index (χ2n) is 8.37. The highest BCUT2D eigenvalue weighted by atomic mass is 16.5. The molecular weight excluding hydrogens is 404 g/mol. The van der Waals surface area contributed by atoms with Gasteiger partial charge in [-0.3, -0.25) is 4.68 Å². The molecule has 0 bridgehead atoms. The van der Waals surface area contributed by atoms with Crippen molar-refractivity contribution in [3.05, 3.63) is 41.9 Å². The summed E-state index contributed by atoms with van der Waals surface area (Å²) >= 11 is 0. The Hall–Kier alpha value is -2.65. The van der Waals surface area contributed by atoms with E-state index < -0.39 is 0 Å². The molecule has 9 heteroatoms. The van der Waals surface area contributed by atoms with Crippen LogP contribution in [-0.4, -0.2) is 89.5 Å². The fraction of sp³-hybridized carbons (Fsp3) is 0.609. The summed E-state index contributed by atoms with van der Waals surface area (Å²) in [5.41, 5.74) is 2.22. The molecular formula is C23H36N8O. The molecule has 4 heterocycles. The molecule has 0 aromatic carbocycles. The first-order valence-electron chi connectivity index (χ1n) is 11.7. The molecule has 2 aliphatic heterocycles. The molecule has 2 saturated heterocycles. The standard InChI is InChI=1S/C23H36N8O/c1-4-24-23(31-12-13-32-21(18-31)20-16-27-28(3)17-20)26-15-19-6-7-22(25-14-19)30-10-8-29(5-2)9-11-30/h6-7,14,16-17,21H,4-5,8-13,15,18H2,1-3H3,(H,24,26). The highest BCUT2D eigenvalue weighted by Gasteiger charge is 2.25. The van der Waals surface area contributed by atoms with Crippen LogP contribution in [0, 0.1) is 0 Å². The normalized spacial score (nSPS) is 20.6. The number of nitrogens with one attached hydrogen (secondary N) is 1. The molecule has 9 nitrogen and oxygen atoms in total. The number of aromatic nitrogens is 3. The second kappa shape index (κ2) is 10.8. The summed E-state index contributed by atoms with van der Waals surface area (Å²) in [4.78, 5) is 16.7.